The number of hydrogen-bond acceptors (Lipinski definition) is 0. The van der Waals surface area contributed by atoms with Crippen LogP contribution in [-0.4, -0.2) is 0 Å². The lowest BCUT2D eigenvalue weighted by atomic mass is 9.79. The molecule has 2 rings (SSSR count). The van der Waals surface area contributed by atoms with Gasteiger partial charge in [0.15, 0.2) is 0 Å². The monoisotopic (exact) mass is 210 g/mol. The highest BCUT2D eigenvalue weighted by Crippen LogP contribution is 2.35. The molecule has 14 heavy (non-hydrogen) atoms. The van der Waals surface area contributed by atoms with Crippen molar-refractivity contribution in [3.05, 3.63) is 34.9 Å². The molecule has 0 radical (unpaired) electrons. The minimum absolute atomic E-state index is 0. The van der Waals surface area contributed by atoms with Gasteiger partial charge in [-0.2, -0.15) is 0 Å². The highest BCUT2D eigenvalue weighted by molar-refractivity contribution is 6.30. The molecule has 0 spiro atoms. The van der Waals surface area contributed by atoms with E-state index >= 15 is 0 Å². The average Bonchev–Trinajstić information content (AvgIpc) is 2.21. The van der Waals surface area contributed by atoms with Crippen molar-refractivity contribution in [2.45, 2.75) is 38.5 Å². The summed E-state index contributed by atoms with van der Waals surface area (Å²) < 4.78 is 0. The first-order valence-electron chi connectivity index (χ1n) is 5.51. The van der Waals surface area contributed by atoms with Crippen LogP contribution in [0.5, 0.6) is 0 Å². The molecule has 0 amide bonds. The summed E-state index contributed by atoms with van der Waals surface area (Å²) in [6.07, 6.45) is 5.46. The normalized spacial score (nSPS) is 27.6. The zero-order chi connectivity index (χ0) is 9.97. The van der Waals surface area contributed by atoms with E-state index in [4.69, 9.17) is 11.6 Å². The van der Waals surface area contributed by atoms with Crippen LogP contribution in [0.1, 0.15) is 45.5 Å². The Kier molecular flexibility index (Phi) is 3.12. The Balaban J connectivity index is 0.00000112. The van der Waals surface area contributed by atoms with Crippen molar-refractivity contribution in [1.29, 1.82) is 0 Å². The quantitative estimate of drug-likeness (QED) is 0.620. The van der Waals surface area contributed by atoms with Crippen LogP contribution in [0.3, 0.4) is 0 Å². The van der Waals surface area contributed by atoms with Crippen LogP contribution >= 0.6 is 11.6 Å². The number of rotatable bonds is 1. The fourth-order valence-electron chi connectivity index (χ4n) is 2.33. The van der Waals surface area contributed by atoms with E-state index in [9.17, 15) is 0 Å². The van der Waals surface area contributed by atoms with Crippen LogP contribution < -0.4 is 0 Å². The van der Waals surface area contributed by atoms with Gasteiger partial charge in [0.05, 0.1) is 0 Å². The molecule has 0 unspecified atom stereocenters. The molecule has 0 aliphatic heterocycles. The molecule has 1 aromatic rings. The van der Waals surface area contributed by atoms with Crippen LogP contribution in [0, 0.1) is 5.92 Å². The maximum Gasteiger partial charge on any atom is 0.0406 e. The SMILES string of the molecule is CC1CCC(c2ccc(Cl)cc2)CC1.[HH]. The Hall–Kier alpha value is -0.490. The van der Waals surface area contributed by atoms with E-state index in [0.717, 1.165) is 16.9 Å². The molecular formula is C13H19Cl. The summed E-state index contributed by atoms with van der Waals surface area (Å²) in [6.45, 7) is 2.36. The summed E-state index contributed by atoms with van der Waals surface area (Å²) in [5.41, 5.74) is 1.47. The van der Waals surface area contributed by atoms with Gasteiger partial charge < -0.3 is 0 Å². The van der Waals surface area contributed by atoms with Gasteiger partial charge in [0.25, 0.3) is 0 Å². The number of benzene rings is 1. The van der Waals surface area contributed by atoms with Crippen LogP contribution in [0.2, 0.25) is 5.02 Å². The van der Waals surface area contributed by atoms with Gasteiger partial charge in [0, 0.05) is 6.45 Å². The van der Waals surface area contributed by atoms with Gasteiger partial charge in [0.2, 0.25) is 0 Å². The van der Waals surface area contributed by atoms with Crippen molar-refractivity contribution in [1.82, 2.24) is 0 Å². The van der Waals surface area contributed by atoms with Crippen LogP contribution in [0.25, 0.3) is 0 Å². The van der Waals surface area contributed by atoms with Crippen LogP contribution in [0.15, 0.2) is 24.3 Å². The second kappa shape index (κ2) is 4.35. The standard InChI is InChI=1S/C13H17Cl.H2/c1-10-2-4-11(5-3-10)12-6-8-13(14)9-7-12;/h6-11H,2-5H2,1H3;1H. The molecule has 0 aromatic heterocycles. The van der Waals surface area contributed by atoms with Gasteiger partial charge in [0.1, 0.15) is 0 Å². The number of halogens is 1. The Morgan fingerprint density at radius 3 is 2.21 bits per heavy atom. The summed E-state index contributed by atoms with van der Waals surface area (Å²) in [7, 11) is 0. The summed E-state index contributed by atoms with van der Waals surface area (Å²) in [5.74, 6) is 1.71. The van der Waals surface area contributed by atoms with E-state index in [1.165, 1.54) is 31.2 Å². The lowest BCUT2D eigenvalue weighted by Gasteiger charge is -2.26. The minimum atomic E-state index is 0. The van der Waals surface area contributed by atoms with Gasteiger partial charge >= 0.3 is 0 Å². The smallest absolute Gasteiger partial charge is 0.0406 e. The summed E-state index contributed by atoms with van der Waals surface area (Å²) in [5, 5.41) is 0.845. The molecule has 1 aromatic carbocycles. The van der Waals surface area contributed by atoms with Gasteiger partial charge in [-0.25, -0.2) is 0 Å². The molecule has 0 N–H and O–H groups in total. The minimum Gasteiger partial charge on any atom is -0.0843 e. The first-order chi connectivity index (χ1) is 6.75. The second-order valence-electron chi connectivity index (χ2n) is 4.51. The molecule has 1 saturated carbocycles. The maximum atomic E-state index is 5.87. The highest BCUT2D eigenvalue weighted by Gasteiger charge is 2.19. The molecule has 0 heterocycles. The predicted molar refractivity (Wildman–Crippen MR) is 63.9 cm³/mol. The molecule has 1 aliphatic rings. The molecule has 0 saturated heterocycles. The topological polar surface area (TPSA) is 0 Å². The molecule has 0 bridgehead atoms. The predicted octanol–water partition coefficient (Wildman–Crippen LogP) is 4.88. The third-order valence-corrected chi connectivity index (χ3v) is 3.61. The highest BCUT2D eigenvalue weighted by atomic mass is 35.5. The van der Waals surface area contributed by atoms with Crippen molar-refractivity contribution in [2.24, 2.45) is 5.92 Å². The van der Waals surface area contributed by atoms with Crippen molar-refractivity contribution in [3.8, 4) is 0 Å². The van der Waals surface area contributed by atoms with E-state index in [-0.39, 0.29) is 1.43 Å². The summed E-state index contributed by atoms with van der Waals surface area (Å²) in [6, 6.07) is 8.38. The third kappa shape index (κ3) is 2.30. The fraction of sp³-hybridized carbons (Fsp3) is 0.538. The average molecular weight is 211 g/mol. The van der Waals surface area contributed by atoms with Crippen molar-refractivity contribution >= 4 is 11.6 Å². The van der Waals surface area contributed by atoms with Crippen molar-refractivity contribution in [3.63, 3.8) is 0 Å². The molecule has 78 valence electrons. The van der Waals surface area contributed by atoms with E-state index in [2.05, 4.69) is 19.1 Å². The zero-order valence-corrected chi connectivity index (χ0v) is 9.43. The Labute approximate surface area is 92.8 Å². The molecular weight excluding hydrogens is 192 g/mol. The van der Waals surface area contributed by atoms with Gasteiger partial charge in [-0.3, -0.25) is 0 Å². The van der Waals surface area contributed by atoms with Gasteiger partial charge in [-0.05, 0) is 42.4 Å². The summed E-state index contributed by atoms with van der Waals surface area (Å²) >= 11 is 5.87. The Morgan fingerprint density at radius 2 is 1.64 bits per heavy atom. The molecule has 0 nitrogen and oxygen atoms in total. The van der Waals surface area contributed by atoms with E-state index in [1.807, 2.05) is 12.1 Å². The van der Waals surface area contributed by atoms with E-state index in [1.54, 1.807) is 0 Å². The second-order valence-corrected chi connectivity index (χ2v) is 4.94. The molecule has 1 fully saturated rings. The largest absolute Gasteiger partial charge is 0.0843 e. The molecule has 1 aliphatic carbocycles. The van der Waals surface area contributed by atoms with Crippen molar-refractivity contribution < 1.29 is 1.43 Å². The lowest BCUT2D eigenvalue weighted by Crippen LogP contribution is -2.10. The van der Waals surface area contributed by atoms with Crippen LogP contribution in [0.4, 0.5) is 0 Å². The zero-order valence-electron chi connectivity index (χ0n) is 8.67. The first-order valence-corrected chi connectivity index (χ1v) is 5.89. The fourth-order valence-corrected chi connectivity index (χ4v) is 2.45. The number of hydrogen-bond donors (Lipinski definition) is 0. The lowest BCUT2D eigenvalue weighted by molar-refractivity contribution is 0.348. The van der Waals surface area contributed by atoms with E-state index in [0.29, 0.717) is 0 Å². The van der Waals surface area contributed by atoms with Gasteiger partial charge in [-0.15, -0.1) is 0 Å². The Morgan fingerprint density at radius 1 is 1.07 bits per heavy atom. The molecule has 0 atom stereocenters. The Bertz CT molecular complexity index is 286. The van der Waals surface area contributed by atoms with Crippen LogP contribution in [-0.2, 0) is 0 Å². The summed E-state index contributed by atoms with van der Waals surface area (Å²) in [4.78, 5) is 0. The first kappa shape index (κ1) is 10.0. The molecule has 1 heteroatoms. The van der Waals surface area contributed by atoms with Crippen molar-refractivity contribution in [2.75, 3.05) is 0 Å². The maximum absolute atomic E-state index is 5.87. The van der Waals surface area contributed by atoms with Gasteiger partial charge in [-0.1, -0.05) is 43.5 Å². The van der Waals surface area contributed by atoms with E-state index < -0.39 is 0 Å². The third-order valence-electron chi connectivity index (χ3n) is 3.36.